The van der Waals surface area contributed by atoms with Gasteiger partial charge < -0.3 is 5.32 Å². The molecule has 0 saturated heterocycles. The van der Waals surface area contributed by atoms with E-state index < -0.39 is 10.0 Å². The fourth-order valence-electron chi connectivity index (χ4n) is 2.93. The predicted molar refractivity (Wildman–Crippen MR) is 86.2 cm³/mol. The van der Waals surface area contributed by atoms with Gasteiger partial charge in [-0.1, -0.05) is 6.92 Å². The molecule has 1 aromatic carbocycles. The number of carbonyl (C=O) groups excluding carboxylic acids is 1. The van der Waals surface area contributed by atoms with E-state index in [9.17, 15) is 13.2 Å². The van der Waals surface area contributed by atoms with Crippen molar-refractivity contribution in [2.45, 2.75) is 57.4 Å². The molecule has 1 aliphatic carbocycles. The van der Waals surface area contributed by atoms with Crippen LogP contribution in [0.3, 0.4) is 0 Å². The quantitative estimate of drug-likeness (QED) is 0.893. The van der Waals surface area contributed by atoms with Crippen molar-refractivity contribution in [1.29, 1.82) is 0 Å². The Balaban J connectivity index is 2.22. The molecule has 1 saturated carbocycles. The summed E-state index contributed by atoms with van der Waals surface area (Å²) in [4.78, 5) is 12.4. The molecular formula is C16H24N2O3S. The fraction of sp³-hybridized carbons (Fsp3) is 0.562. The number of aryl methyl sites for hydroxylation is 1. The Morgan fingerprint density at radius 1 is 1.18 bits per heavy atom. The number of benzene rings is 1. The number of hydrogen-bond acceptors (Lipinski definition) is 3. The third-order valence-corrected chi connectivity index (χ3v) is 5.58. The lowest BCUT2D eigenvalue weighted by Gasteiger charge is -2.27. The number of nitrogens with one attached hydrogen (secondary N) is 1. The average Bonchev–Trinajstić information content (AvgIpc) is 2.42. The lowest BCUT2D eigenvalue weighted by Crippen LogP contribution is -2.37. The van der Waals surface area contributed by atoms with Crippen molar-refractivity contribution in [1.82, 2.24) is 5.32 Å². The first-order valence-electron chi connectivity index (χ1n) is 7.63. The number of rotatable bonds is 3. The largest absolute Gasteiger partial charge is 0.349 e. The van der Waals surface area contributed by atoms with Crippen LogP contribution in [0.4, 0.5) is 0 Å². The second-order valence-corrected chi connectivity index (χ2v) is 7.92. The summed E-state index contributed by atoms with van der Waals surface area (Å²) in [5.74, 6) is 0.483. The van der Waals surface area contributed by atoms with Gasteiger partial charge >= 0.3 is 0 Å². The van der Waals surface area contributed by atoms with Crippen molar-refractivity contribution >= 4 is 15.9 Å². The summed E-state index contributed by atoms with van der Waals surface area (Å²) in [6.07, 6.45) is 4.17. The zero-order chi connectivity index (χ0) is 16.5. The molecule has 0 bridgehead atoms. The lowest BCUT2D eigenvalue weighted by atomic mass is 9.87. The van der Waals surface area contributed by atoms with Crippen LogP contribution >= 0.6 is 0 Å². The SMILES string of the molecule is Cc1cc(C(=O)NC2CCC(C)CC2)cc(S(N)(=O)=O)c1C. The van der Waals surface area contributed by atoms with Crippen LogP contribution in [0.2, 0.25) is 0 Å². The van der Waals surface area contributed by atoms with E-state index in [1.807, 2.05) is 0 Å². The Kier molecular flexibility index (Phi) is 4.92. The highest BCUT2D eigenvalue weighted by atomic mass is 32.2. The Bertz CT molecular complexity index is 675. The third kappa shape index (κ3) is 3.87. The van der Waals surface area contributed by atoms with E-state index in [4.69, 9.17) is 5.14 Å². The summed E-state index contributed by atoms with van der Waals surface area (Å²) in [7, 11) is -3.83. The van der Waals surface area contributed by atoms with Gasteiger partial charge in [0.15, 0.2) is 0 Å². The van der Waals surface area contributed by atoms with Gasteiger partial charge in [0.1, 0.15) is 0 Å². The lowest BCUT2D eigenvalue weighted by molar-refractivity contribution is 0.0922. The van der Waals surface area contributed by atoms with Crippen LogP contribution in [0.15, 0.2) is 17.0 Å². The molecule has 0 radical (unpaired) electrons. The van der Waals surface area contributed by atoms with Gasteiger partial charge in [-0.25, -0.2) is 13.6 Å². The van der Waals surface area contributed by atoms with Gasteiger partial charge in [0.2, 0.25) is 10.0 Å². The minimum atomic E-state index is -3.83. The van der Waals surface area contributed by atoms with Crippen LogP contribution in [0.5, 0.6) is 0 Å². The highest BCUT2D eigenvalue weighted by Crippen LogP contribution is 2.24. The first kappa shape index (κ1) is 17.0. The van der Waals surface area contributed by atoms with Crippen molar-refractivity contribution in [3.63, 3.8) is 0 Å². The van der Waals surface area contributed by atoms with Gasteiger partial charge in [0.05, 0.1) is 4.90 Å². The Hall–Kier alpha value is -1.40. The van der Waals surface area contributed by atoms with Crippen LogP contribution < -0.4 is 10.5 Å². The van der Waals surface area contributed by atoms with E-state index in [0.29, 0.717) is 17.0 Å². The van der Waals surface area contributed by atoms with Crippen LogP contribution in [0.1, 0.15) is 54.1 Å². The summed E-state index contributed by atoms with van der Waals surface area (Å²) in [6.45, 7) is 5.70. The number of carbonyl (C=O) groups is 1. The normalized spacial score (nSPS) is 22.4. The maximum Gasteiger partial charge on any atom is 0.251 e. The minimum Gasteiger partial charge on any atom is -0.349 e. The Morgan fingerprint density at radius 2 is 1.77 bits per heavy atom. The Labute approximate surface area is 132 Å². The predicted octanol–water partition coefficient (Wildman–Crippen LogP) is 2.26. The van der Waals surface area contributed by atoms with Crippen molar-refractivity contribution in [3.05, 3.63) is 28.8 Å². The molecular weight excluding hydrogens is 300 g/mol. The maximum absolute atomic E-state index is 12.4. The summed E-state index contributed by atoms with van der Waals surface area (Å²) < 4.78 is 23.3. The second kappa shape index (κ2) is 6.38. The van der Waals surface area contributed by atoms with E-state index in [1.165, 1.54) is 6.07 Å². The highest BCUT2D eigenvalue weighted by molar-refractivity contribution is 7.89. The summed E-state index contributed by atoms with van der Waals surface area (Å²) in [5, 5.41) is 8.24. The van der Waals surface area contributed by atoms with Crippen LogP contribution in [-0.4, -0.2) is 20.4 Å². The number of amides is 1. The van der Waals surface area contributed by atoms with Crippen molar-refractivity contribution in [2.24, 2.45) is 11.1 Å². The zero-order valence-corrected chi connectivity index (χ0v) is 14.2. The smallest absolute Gasteiger partial charge is 0.251 e. The van der Waals surface area contributed by atoms with Gasteiger partial charge in [0.25, 0.3) is 5.91 Å². The maximum atomic E-state index is 12.4. The molecule has 0 spiro atoms. The van der Waals surface area contributed by atoms with Gasteiger partial charge in [-0.3, -0.25) is 4.79 Å². The van der Waals surface area contributed by atoms with Crippen LogP contribution in [0.25, 0.3) is 0 Å². The molecule has 1 fully saturated rings. The Morgan fingerprint density at radius 3 is 2.32 bits per heavy atom. The van der Waals surface area contributed by atoms with Crippen molar-refractivity contribution in [2.75, 3.05) is 0 Å². The molecule has 0 aromatic heterocycles. The number of nitrogens with two attached hydrogens (primary N) is 1. The number of sulfonamides is 1. The molecule has 1 amide bonds. The fourth-order valence-corrected chi connectivity index (χ4v) is 3.81. The van der Waals surface area contributed by atoms with Crippen molar-refractivity contribution < 1.29 is 13.2 Å². The van der Waals surface area contributed by atoms with Crippen LogP contribution in [-0.2, 0) is 10.0 Å². The average molecular weight is 324 g/mol. The standard InChI is InChI=1S/C16H24N2O3S/c1-10-4-6-14(7-5-10)18-16(19)13-8-11(2)12(3)15(9-13)22(17,20)21/h8-10,14H,4-7H2,1-3H3,(H,18,19)(H2,17,20,21). The molecule has 122 valence electrons. The first-order valence-corrected chi connectivity index (χ1v) is 9.18. The van der Waals surface area contributed by atoms with E-state index in [-0.39, 0.29) is 16.8 Å². The molecule has 22 heavy (non-hydrogen) atoms. The van der Waals surface area contributed by atoms with Gasteiger partial charge in [-0.2, -0.15) is 0 Å². The molecule has 6 heteroatoms. The molecule has 0 unspecified atom stereocenters. The van der Waals surface area contributed by atoms with E-state index >= 15 is 0 Å². The highest BCUT2D eigenvalue weighted by Gasteiger charge is 2.22. The van der Waals surface area contributed by atoms with Crippen LogP contribution in [0, 0.1) is 19.8 Å². The molecule has 0 aliphatic heterocycles. The summed E-state index contributed by atoms with van der Waals surface area (Å²) in [6, 6.07) is 3.26. The van der Waals surface area contributed by atoms with E-state index in [2.05, 4.69) is 12.2 Å². The third-order valence-electron chi connectivity index (χ3n) is 4.54. The topological polar surface area (TPSA) is 89.3 Å². The zero-order valence-electron chi connectivity index (χ0n) is 13.3. The molecule has 0 heterocycles. The molecule has 1 aromatic rings. The molecule has 5 nitrogen and oxygen atoms in total. The number of hydrogen-bond donors (Lipinski definition) is 2. The first-order chi connectivity index (χ1) is 10.2. The number of primary sulfonamides is 1. The van der Waals surface area contributed by atoms with Gasteiger partial charge in [-0.05, 0) is 68.7 Å². The van der Waals surface area contributed by atoms with Crippen molar-refractivity contribution in [3.8, 4) is 0 Å². The van der Waals surface area contributed by atoms with Gasteiger partial charge in [-0.15, -0.1) is 0 Å². The van der Waals surface area contributed by atoms with Gasteiger partial charge in [0, 0.05) is 11.6 Å². The molecule has 1 aliphatic rings. The second-order valence-electron chi connectivity index (χ2n) is 6.39. The summed E-state index contributed by atoms with van der Waals surface area (Å²) >= 11 is 0. The van der Waals surface area contributed by atoms with E-state index in [0.717, 1.165) is 31.2 Å². The minimum absolute atomic E-state index is 0.0231. The molecule has 2 rings (SSSR count). The molecule has 0 atom stereocenters. The van der Waals surface area contributed by atoms with E-state index in [1.54, 1.807) is 19.9 Å². The summed E-state index contributed by atoms with van der Waals surface area (Å²) in [5.41, 5.74) is 1.69. The monoisotopic (exact) mass is 324 g/mol. The molecule has 3 N–H and O–H groups in total.